The molecule has 0 rings (SSSR count). The highest BCUT2D eigenvalue weighted by Gasteiger charge is 2.21. The fourth-order valence-electron chi connectivity index (χ4n) is 0.0980. The predicted molar refractivity (Wildman–Crippen MR) is 37.5 cm³/mol. The van der Waals surface area contributed by atoms with Crippen molar-refractivity contribution in [2.75, 3.05) is 0 Å². The van der Waals surface area contributed by atoms with Crippen LogP contribution in [0.4, 0.5) is 9.18 Å². The van der Waals surface area contributed by atoms with Gasteiger partial charge in [0.15, 0.2) is 0 Å². The molecule has 2 nitrogen and oxygen atoms in total. The van der Waals surface area contributed by atoms with E-state index in [0.29, 0.717) is 11.9 Å². The summed E-state index contributed by atoms with van der Waals surface area (Å²) in [7, 11) is 0. The molecule has 9 heavy (non-hydrogen) atoms. The van der Waals surface area contributed by atoms with Crippen LogP contribution in [0.5, 0.6) is 0 Å². The van der Waals surface area contributed by atoms with Gasteiger partial charge in [-0.25, -0.2) is 4.79 Å². The molecule has 1 amide bonds. The molecule has 0 aliphatic rings. The number of halogens is 4. The van der Waals surface area contributed by atoms with Crippen LogP contribution in [-0.2, 0) is 0 Å². The van der Waals surface area contributed by atoms with E-state index in [2.05, 4.69) is 0 Å². The van der Waals surface area contributed by atoms with E-state index in [1.807, 2.05) is 0 Å². The largest absolute Gasteiger partial charge is 0.407 e. The first-order valence-corrected chi connectivity index (χ1v) is 3.57. The molecule has 0 spiro atoms. The number of rotatable bonds is 1. The van der Waals surface area contributed by atoms with Gasteiger partial charge in [0.05, 0.1) is 0 Å². The Kier molecular flexibility index (Phi) is 3.96. The molecule has 0 saturated heterocycles. The molecule has 0 heterocycles. The van der Waals surface area contributed by atoms with Crippen molar-refractivity contribution in [2.24, 2.45) is 0 Å². The molecule has 0 fully saturated rings. The van der Waals surface area contributed by atoms with Crippen molar-refractivity contribution >= 4 is 52.9 Å². The summed E-state index contributed by atoms with van der Waals surface area (Å²) in [5, 5.41) is 0. The van der Waals surface area contributed by atoms with Crippen LogP contribution in [0.2, 0.25) is 0 Å². The molecule has 0 atom stereocenters. The van der Waals surface area contributed by atoms with E-state index in [-0.39, 0.29) is 0 Å². The van der Waals surface area contributed by atoms with E-state index in [0.717, 1.165) is 0 Å². The third-order valence-corrected chi connectivity index (χ3v) is 1.44. The average Bonchev–Trinajstić information content (AvgIpc) is 1.59. The van der Waals surface area contributed by atoms with E-state index in [9.17, 15) is 9.18 Å². The van der Waals surface area contributed by atoms with Gasteiger partial charge in [-0.1, -0.05) is 34.8 Å². The van der Waals surface area contributed by atoms with Crippen molar-refractivity contribution in [1.82, 2.24) is 4.72 Å². The maximum Gasteiger partial charge on any atom is 0.407 e. The summed E-state index contributed by atoms with van der Waals surface area (Å²) in [4.78, 5) is 9.52. The summed E-state index contributed by atoms with van der Waals surface area (Å²) in [5.41, 5.74) is 0. The standard InChI is InChI=1S/C2HCl3FNOS/c3-2(4,5)9-7-1(6)8/h(H,7,8). The van der Waals surface area contributed by atoms with Crippen LogP contribution in [0, 0.1) is 0 Å². The van der Waals surface area contributed by atoms with E-state index in [4.69, 9.17) is 34.8 Å². The number of nitrogens with one attached hydrogen (secondary N) is 1. The lowest BCUT2D eigenvalue weighted by molar-refractivity contribution is 0.228. The molecule has 0 bridgehead atoms. The minimum atomic E-state index is -1.74. The molecular weight excluding hydrogens is 211 g/mol. The first-order valence-electron chi connectivity index (χ1n) is 1.62. The van der Waals surface area contributed by atoms with Gasteiger partial charge < -0.3 is 0 Å². The first kappa shape index (κ1) is 9.62. The molecule has 54 valence electrons. The lowest BCUT2D eigenvalue weighted by Gasteiger charge is -2.06. The Bertz CT molecular complexity index is 115. The fraction of sp³-hybridized carbons (Fsp3) is 0.500. The molecule has 0 aliphatic carbocycles. The van der Waals surface area contributed by atoms with Gasteiger partial charge in [-0.05, 0) is 0 Å². The van der Waals surface area contributed by atoms with Gasteiger partial charge in [0.1, 0.15) is 0 Å². The lowest BCUT2D eigenvalue weighted by atomic mass is 11.4. The SMILES string of the molecule is O=C(F)NSC(Cl)(Cl)Cl. The monoisotopic (exact) mass is 211 g/mol. The van der Waals surface area contributed by atoms with Crippen molar-refractivity contribution in [3.05, 3.63) is 0 Å². The molecule has 0 aromatic carbocycles. The molecule has 1 N–H and O–H groups in total. The molecule has 0 saturated carbocycles. The number of carbonyl (C=O) groups excluding carboxylic acids is 1. The normalized spacial score (nSPS) is 11.1. The smallest absolute Gasteiger partial charge is 0.268 e. The Balaban J connectivity index is 3.39. The van der Waals surface area contributed by atoms with Crippen molar-refractivity contribution in [3.63, 3.8) is 0 Å². The Labute approximate surface area is 70.1 Å². The Morgan fingerprint density at radius 2 is 2.00 bits per heavy atom. The third kappa shape index (κ3) is 8.62. The molecule has 0 radical (unpaired) electrons. The van der Waals surface area contributed by atoms with Crippen molar-refractivity contribution in [1.29, 1.82) is 0 Å². The van der Waals surface area contributed by atoms with Crippen molar-refractivity contribution in [3.8, 4) is 0 Å². The van der Waals surface area contributed by atoms with Gasteiger partial charge in [-0.3, -0.25) is 4.72 Å². The van der Waals surface area contributed by atoms with Crippen LogP contribution in [0.15, 0.2) is 0 Å². The Hall–Kier alpha value is 0.620. The molecule has 7 heteroatoms. The van der Waals surface area contributed by atoms with Crippen LogP contribution >= 0.6 is 46.8 Å². The van der Waals surface area contributed by atoms with Crippen molar-refractivity contribution in [2.45, 2.75) is 3.12 Å². The van der Waals surface area contributed by atoms with Gasteiger partial charge in [-0.2, -0.15) is 0 Å². The second-order valence-electron chi connectivity index (χ2n) is 0.924. The van der Waals surface area contributed by atoms with Gasteiger partial charge >= 0.3 is 6.16 Å². The summed E-state index contributed by atoms with van der Waals surface area (Å²) in [5.74, 6) is 0. The number of amides is 1. The van der Waals surface area contributed by atoms with E-state index in [1.165, 1.54) is 0 Å². The second kappa shape index (κ2) is 3.71. The topological polar surface area (TPSA) is 29.1 Å². The number of hydrogen-bond donors (Lipinski definition) is 1. The summed E-state index contributed by atoms with van der Waals surface area (Å²) in [6.07, 6.45) is -1.74. The first-order chi connectivity index (χ1) is 3.92. The van der Waals surface area contributed by atoms with E-state index in [1.54, 1.807) is 4.72 Å². The number of alkyl halides is 3. The minimum absolute atomic E-state index is 0.363. The van der Waals surface area contributed by atoms with E-state index >= 15 is 0 Å². The maximum atomic E-state index is 11.3. The van der Waals surface area contributed by atoms with Crippen LogP contribution in [0.25, 0.3) is 0 Å². The Morgan fingerprint density at radius 3 is 2.11 bits per heavy atom. The highest BCUT2D eigenvalue weighted by atomic mass is 35.6. The third-order valence-electron chi connectivity index (χ3n) is 0.247. The van der Waals surface area contributed by atoms with Gasteiger partial charge in [0, 0.05) is 11.9 Å². The zero-order valence-electron chi connectivity index (χ0n) is 3.83. The average molecular weight is 212 g/mol. The second-order valence-corrected chi connectivity index (χ2v) is 4.90. The molecule has 0 unspecified atom stereocenters. The van der Waals surface area contributed by atoms with Gasteiger partial charge in [0.25, 0.3) is 3.12 Å². The van der Waals surface area contributed by atoms with Crippen molar-refractivity contribution < 1.29 is 9.18 Å². The molecule has 0 aromatic rings. The van der Waals surface area contributed by atoms with Crippen LogP contribution < -0.4 is 4.72 Å². The highest BCUT2D eigenvalue weighted by Crippen LogP contribution is 2.36. The summed E-state index contributed by atoms with van der Waals surface area (Å²) < 4.78 is 11.2. The Morgan fingerprint density at radius 1 is 1.56 bits per heavy atom. The van der Waals surface area contributed by atoms with Crippen LogP contribution in [0.3, 0.4) is 0 Å². The van der Waals surface area contributed by atoms with Gasteiger partial charge in [-0.15, -0.1) is 4.39 Å². The summed E-state index contributed by atoms with van der Waals surface area (Å²) in [6, 6.07) is 0. The molecular formula is C2HCl3FNOS. The zero-order valence-corrected chi connectivity index (χ0v) is 6.91. The van der Waals surface area contributed by atoms with Gasteiger partial charge in [0.2, 0.25) is 0 Å². The number of hydrogen-bond acceptors (Lipinski definition) is 2. The fourth-order valence-corrected chi connectivity index (χ4v) is 0.641. The predicted octanol–water partition coefficient (Wildman–Crippen LogP) is 2.64. The highest BCUT2D eigenvalue weighted by molar-refractivity contribution is 8.03. The van der Waals surface area contributed by atoms with Crippen LogP contribution in [-0.4, -0.2) is 9.29 Å². The summed E-state index contributed by atoms with van der Waals surface area (Å²) >= 11 is 15.6. The van der Waals surface area contributed by atoms with E-state index < -0.39 is 9.29 Å². The summed E-state index contributed by atoms with van der Waals surface area (Å²) in [6.45, 7) is 0. The minimum Gasteiger partial charge on any atom is -0.268 e. The molecule has 0 aromatic heterocycles. The zero-order chi connectivity index (χ0) is 7.49. The maximum absolute atomic E-state index is 11.3. The number of carbonyl (C=O) groups is 1. The van der Waals surface area contributed by atoms with Crippen LogP contribution in [0.1, 0.15) is 0 Å². The quantitative estimate of drug-likeness (QED) is 0.313. The lowest BCUT2D eigenvalue weighted by Crippen LogP contribution is -2.12. The molecule has 0 aliphatic heterocycles.